The van der Waals surface area contributed by atoms with Gasteiger partial charge in [0.25, 0.3) is 0 Å². The second-order valence-corrected chi connectivity index (χ2v) is 7.85. The summed E-state index contributed by atoms with van der Waals surface area (Å²) in [5.41, 5.74) is -0.227. The Bertz CT molecular complexity index is 396. The summed E-state index contributed by atoms with van der Waals surface area (Å²) in [5.74, 6) is 1.10. The lowest BCUT2D eigenvalue weighted by Crippen LogP contribution is -2.60. The van der Waals surface area contributed by atoms with E-state index in [1.807, 2.05) is 4.90 Å². The topological polar surface area (TPSA) is 41.6 Å². The molecule has 1 N–H and O–H groups in total. The molecule has 3 aliphatic rings. The van der Waals surface area contributed by atoms with Crippen molar-refractivity contribution in [1.29, 1.82) is 0 Å². The maximum absolute atomic E-state index is 12.9. The molecule has 21 heavy (non-hydrogen) atoms. The monoisotopic (exact) mass is 294 g/mol. The summed E-state index contributed by atoms with van der Waals surface area (Å²) in [4.78, 5) is 14.9. The fraction of sp³-hybridized carbons (Fsp3) is 0.941. The number of carbonyl (C=O) groups excluding carboxylic acids is 1. The molecule has 0 aromatic heterocycles. The molecule has 0 aromatic carbocycles. The maximum Gasteiger partial charge on any atom is 0.239 e. The number of amides is 1. The largest absolute Gasteiger partial charge is 0.369 e. The Morgan fingerprint density at radius 3 is 2.71 bits per heavy atom. The van der Waals surface area contributed by atoms with E-state index < -0.39 is 0 Å². The smallest absolute Gasteiger partial charge is 0.239 e. The van der Waals surface area contributed by atoms with Crippen LogP contribution in [0.25, 0.3) is 0 Å². The fourth-order valence-electron chi connectivity index (χ4n) is 4.53. The molecule has 3 rings (SSSR count). The standard InChI is InChI=1S/C17H30N2O2/c1-12-10-19(11-17(2,3)21-12)16(20)15-9-8-13-6-4-5-7-14(13)18-15/h12-15,18H,4-11H2,1-3H3. The van der Waals surface area contributed by atoms with E-state index in [-0.39, 0.29) is 17.7 Å². The number of hydrogen-bond acceptors (Lipinski definition) is 3. The lowest BCUT2D eigenvalue weighted by molar-refractivity contribution is -0.161. The minimum atomic E-state index is -0.227. The highest BCUT2D eigenvalue weighted by Crippen LogP contribution is 2.33. The van der Waals surface area contributed by atoms with Gasteiger partial charge >= 0.3 is 0 Å². The van der Waals surface area contributed by atoms with Gasteiger partial charge in [-0.05, 0) is 52.4 Å². The first-order chi connectivity index (χ1) is 9.94. The van der Waals surface area contributed by atoms with E-state index >= 15 is 0 Å². The highest BCUT2D eigenvalue weighted by Gasteiger charge is 2.39. The number of rotatable bonds is 1. The van der Waals surface area contributed by atoms with E-state index in [0.29, 0.717) is 18.5 Å². The molecule has 1 amide bonds. The van der Waals surface area contributed by atoms with Crippen LogP contribution in [0, 0.1) is 5.92 Å². The van der Waals surface area contributed by atoms with Gasteiger partial charge in [-0.2, -0.15) is 0 Å². The Morgan fingerprint density at radius 1 is 1.19 bits per heavy atom. The van der Waals surface area contributed by atoms with Gasteiger partial charge in [-0.25, -0.2) is 0 Å². The maximum atomic E-state index is 12.9. The van der Waals surface area contributed by atoms with Crippen LogP contribution in [0.2, 0.25) is 0 Å². The van der Waals surface area contributed by atoms with Crippen LogP contribution >= 0.6 is 0 Å². The number of hydrogen-bond donors (Lipinski definition) is 1. The first-order valence-electron chi connectivity index (χ1n) is 8.67. The third-order valence-electron chi connectivity index (χ3n) is 5.33. The molecular weight excluding hydrogens is 264 g/mol. The molecule has 0 bridgehead atoms. The minimum Gasteiger partial charge on any atom is -0.369 e. The first kappa shape index (κ1) is 15.3. The van der Waals surface area contributed by atoms with Crippen LogP contribution in [-0.2, 0) is 9.53 Å². The Morgan fingerprint density at radius 2 is 1.95 bits per heavy atom. The van der Waals surface area contributed by atoms with E-state index in [1.165, 1.54) is 32.1 Å². The zero-order chi connectivity index (χ0) is 15.0. The lowest BCUT2D eigenvalue weighted by atomic mass is 9.77. The minimum absolute atomic E-state index is 0.0328. The van der Waals surface area contributed by atoms with Crippen LogP contribution in [-0.4, -0.2) is 47.7 Å². The van der Waals surface area contributed by atoms with Crippen molar-refractivity contribution in [2.45, 2.75) is 83.1 Å². The van der Waals surface area contributed by atoms with Gasteiger partial charge in [0.05, 0.1) is 17.7 Å². The summed E-state index contributed by atoms with van der Waals surface area (Å²) in [6.45, 7) is 7.66. The number of nitrogens with zero attached hydrogens (tertiary/aromatic N) is 1. The molecule has 2 heterocycles. The van der Waals surface area contributed by atoms with Gasteiger partial charge in [0, 0.05) is 19.1 Å². The molecule has 4 atom stereocenters. The number of ether oxygens (including phenoxy) is 1. The van der Waals surface area contributed by atoms with Crippen molar-refractivity contribution in [2.75, 3.05) is 13.1 Å². The molecule has 4 nitrogen and oxygen atoms in total. The summed E-state index contributed by atoms with van der Waals surface area (Å²) in [5, 5.41) is 3.66. The van der Waals surface area contributed by atoms with Gasteiger partial charge in [0.1, 0.15) is 0 Å². The molecule has 120 valence electrons. The molecule has 2 saturated heterocycles. The van der Waals surface area contributed by atoms with Crippen LogP contribution in [0.5, 0.6) is 0 Å². The summed E-state index contributed by atoms with van der Waals surface area (Å²) < 4.78 is 5.91. The van der Waals surface area contributed by atoms with E-state index in [1.54, 1.807) is 0 Å². The van der Waals surface area contributed by atoms with Crippen molar-refractivity contribution in [3.8, 4) is 0 Å². The van der Waals surface area contributed by atoms with E-state index in [9.17, 15) is 4.79 Å². The van der Waals surface area contributed by atoms with E-state index in [0.717, 1.165) is 18.9 Å². The zero-order valence-electron chi connectivity index (χ0n) is 13.7. The Balaban J connectivity index is 1.62. The SMILES string of the molecule is CC1CN(C(=O)C2CCC3CCCCC3N2)CC(C)(C)O1. The zero-order valence-corrected chi connectivity index (χ0v) is 13.7. The van der Waals surface area contributed by atoms with Crippen molar-refractivity contribution in [3.63, 3.8) is 0 Å². The van der Waals surface area contributed by atoms with Crippen molar-refractivity contribution >= 4 is 5.91 Å². The van der Waals surface area contributed by atoms with Crippen LogP contribution in [0.15, 0.2) is 0 Å². The summed E-state index contributed by atoms with van der Waals surface area (Å²) in [7, 11) is 0. The number of carbonyl (C=O) groups is 1. The van der Waals surface area contributed by atoms with Gasteiger partial charge in [-0.3, -0.25) is 4.79 Å². The summed E-state index contributed by atoms with van der Waals surface area (Å²) in [6, 6.07) is 0.610. The van der Waals surface area contributed by atoms with Gasteiger partial charge < -0.3 is 15.0 Å². The van der Waals surface area contributed by atoms with Crippen LogP contribution in [0.4, 0.5) is 0 Å². The molecule has 1 aliphatic carbocycles. The average Bonchev–Trinajstić information content (AvgIpc) is 2.44. The highest BCUT2D eigenvalue weighted by molar-refractivity contribution is 5.82. The third-order valence-corrected chi connectivity index (χ3v) is 5.33. The van der Waals surface area contributed by atoms with Gasteiger partial charge in [0.2, 0.25) is 5.91 Å². The molecule has 4 unspecified atom stereocenters. The molecule has 3 fully saturated rings. The number of piperidine rings is 1. The van der Waals surface area contributed by atoms with Crippen molar-refractivity contribution in [3.05, 3.63) is 0 Å². The van der Waals surface area contributed by atoms with Crippen LogP contribution in [0.3, 0.4) is 0 Å². The van der Waals surface area contributed by atoms with Gasteiger partial charge in [-0.15, -0.1) is 0 Å². The van der Waals surface area contributed by atoms with E-state index in [2.05, 4.69) is 26.1 Å². The van der Waals surface area contributed by atoms with Crippen molar-refractivity contribution in [2.24, 2.45) is 5.92 Å². The highest BCUT2D eigenvalue weighted by atomic mass is 16.5. The second kappa shape index (κ2) is 5.88. The van der Waals surface area contributed by atoms with Crippen molar-refractivity contribution in [1.82, 2.24) is 10.2 Å². The first-order valence-corrected chi connectivity index (χ1v) is 8.67. The Labute approximate surface area is 128 Å². The summed E-state index contributed by atoms with van der Waals surface area (Å²) >= 11 is 0. The molecule has 2 aliphatic heterocycles. The quantitative estimate of drug-likeness (QED) is 0.807. The normalized spacial score (nSPS) is 39.7. The van der Waals surface area contributed by atoms with Gasteiger partial charge in [-0.1, -0.05) is 12.8 Å². The predicted molar refractivity (Wildman–Crippen MR) is 83.1 cm³/mol. The van der Waals surface area contributed by atoms with Gasteiger partial charge in [0.15, 0.2) is 0 Å². The van der Waals surface area contributed by atoms with Crippen molar-refractivity contribution < 1.29 is 9.53 Å². The Hall–Kier alpha value is -0.610. The molecule has 4 heteroatoms. The molecule has 1 saturated carbocycles. The summed E-state index contributed by atoms with van der Waals surface area (Å²) in [6.07, 6.45) is 7.64. The fourth-order valence-corrected chi connectivity index (χ4v) is 4.53. The lowest BCUT2D eigenvalue weighted by Gasteiger charge is -2.45. The Kier molecular flexibility index (Phi) is 4.28. The van der Waals surface area contributed by atoms with Crippen LogP contribution < -0.4 is 5.32 Å². The molecule has 0 spiro atoms. The van der Waals surface area contributed by atoms with Crippen LogP contribution in [0.1, 0.15) is 59.3 Å². The molecular formula is C17H30N2O2. The average molecular weight is 294 g/mol. The number of fused-ring (bicyclic) bond motifs is 1. The number of nitrogens with one attached hydrogen (secondary N) is 1. The van der Waals surface area contributed by atoms with E-state index in [4.69, 9.17) is 4.74 Å². The molecule has 0 radical (unpaired) electrons. The predicted octanol–water partition coefficient (Wildman–Crippen LogP) is 2.32. The second-order valence-electron chi connectivity index (χ2n) is 7.85. The third kappa shape index (κ3) is 3.42. The molecule has 0 aromatic rings. The number of morpholine rings is 1.